The number of aryl methyl sites for hydroxylation is 2. The number of benzene rings is 1. The number of carbonyl (C=O) groups excluding carboxylic acids is 1. The summed E-state index contributed by atoms with van der Waals surface area (Å²) in [6.07, 6.45) is 4.30. The summed E-state index contributed by atoms with van der Waals surface area (Å²) in [5.74, 6) is 1.04. The fraction of sp³-hybridized carbons (Fsp3) is 0.368. The first kappa shape index (κ1) is 18.2. The van der Waals surface area contributed by atoms with Crippen molar-refractivity contribution in [2.45, 2.75) is 44.4 Å². The summed E-state index contributed by atoms with van der Waals surface area (Å²) >= 11 is 2.90. The van der Waals surface area contributed by atoms with Crippen molar-refractivity contribution in [1.82, 2.24) is 19.3 Å². The summed E-state index contributed by atoms with van der Waals surface area (Å²) in [6, 6.07) is 8.91. The molecule has 0 radical (unpaired) electrons. The van der Waals surface area contributed by atoms with Crippen LogP contribution in [-0.2, 0) is 11.3 Å². The van der Waals surface area contributed by atoms with Crippen molar-refractivity contribution < 1.29 is 4.79 Å². The minimum Gasteiger partial charge on any atom is -0.319 e. The van der Waals surface area contributed by atoms with Crippen LogP contribution in [0.25, 0.3) is 0 Å². The van der Waals surface area contributed by atoms with E-state index in [9.17, 15) is 4.79 Å². The quantitative estimate of drug-likeness (QED) is 0.596. The number of thiazole rings is 1. The number of nitrogens with zero attached hydrogens (tertiary/aromatic N) is 5. The maximum atomic E-state index is 12.4. The monoisotopic (exact) mass is 399 g/mol. The Kier molecular flexibility index (Phi) is 5.27. The summed E-state index contributed by atoms with van der Waals surface area (Å²) in [4.78, 5) is 17.4. The number of thioether (sulfide) groups is 1. The highest BCUT2D eigenvalue weighted by Gasteiger charge is 2.28. The SMILES string of the molecule is Cc1ccc(Cn2ccsc2=NC(=O)CSc2nnc(C)n2C2CC2)cc1. The predicted octanol–water partition coefficient (Wildman–Crippen LogP) is 3.36. The molecule has 1 aliphatic carbocycles. The molecule has 0 unspecified atom stereocenters. The Morgan fingerprint density at radius 1 is 1.26 bits per heavy atom. The van der Waals surface area contributed by atoms with Crippen molar-refractivity contribution in [3.05, 3.63) is 57.6 Å². The second kappa shape index (κ2) is 7.82. The third-order valence-electron chi connectivity index (χ3n) is 4.43. The molecule has 0 atom stereocenters. The Morgan fingerprint density at radius 3 is 2.78 bits per heavy atom. The lowest BCUT2D eigenvalue weighted by molar-refractivity contribution is -0.115. The van der Waals surface area contributed by atoms with Gasteiger partial charge in [0.1, 0.15) is 5.82 Å². The van der Waals surface area contributed by atoms with Crippen LogP contribution in [0.1, 0.15) is 35.8 Å². The molecule has 2 heterocycles. The van der Waals surface area contributed by atoms with Gasteiger partial charge in [0.2, 0.25) is 0 Å². The lowest BCUT2D eigenvalue weighted by atomic mass is 10.1. The molecule has 0 spiro atoms. The van der Waals surface area contributed by atoms with Gasteiger partial charge in [0.05, 0.1) is 5.75 Å². The van der Waals surface area contributed by atoms with E-state index in [2.05, 4.69) is 50.9 Å². The summed E-state index contributed by atoms with van der Waals surface area (Å²) in [5.41, 5.74) is 2.43. The average Bonchev–Trinajstić information content (AvgIpc) is 3.29. The third kappa shape index (κ3) is 4.39. The van der Waals surface area contributed by atoms with Crippen molar-refractivity contribution in [2.75, 3.05) is 5.75 Å². The van der Waals surface area contributed by atoms with Crippen molar-refractivity contribution in [3.63, 3.8) is 0 Å². The molecule has 4 rings (SSSR count). The standard InChI is InChI=1S/C19H21N5OS2/c1-13-3-5-15(6-4-13)11-23-9-10-26-18(23)20-17(25)12-27-19-22-21-14(2)24(19)16-7-8-16/h3-6,9-10,16H,7-8,11-12H2,1-2H3. The van der Waals surface area contributed by atoms with Crippen LogP contribution >= 0.6 is 23.1 Å². The van der Waals surface area contributed by atoms with E-state index in [1.165, 1.54) is 47.1 Å². The van der Waals surface area contributed by atoms with Crippen LogP contribution in [0.2, 0.25) is 0 Å². The Bertz CT molecular complexity index is 1010. The summed E-state index contributed by atoms with van der Waals surface area (Å²) in [7, 11) is 0. The first-order valence-corrected chi connectivity index (χ1v) is 10.8. The van der Waals surface area contributed by atoms with Crippen LogP contribution in [-0.4, -0.2) is 31.0 Å². The van der Waals surface area contributed by atoms with Gasteiger partial charge < -0.3 is 9.13 Å². The zero-order chi connectivity index (χ0) is 18.8. The molecule has 27 heavy (non-hydrogen) atoms. The minimum atomic E-state index is -0.150. The molecule has 1 amide bonds. The Hall–Kier alpha value is -2.19. The van der Waals surface area contributed by atoms with Gasteiger partial charge in [-0.3, -0.25) is 4.79 Å². The Labute approximate surface area is 166 Å². The van der Waals surface area contributed by atoms with E-state index >= 15 is 0 Å². The van der Waals surface area contributed by atoms with Gasteiger partial charge in [-0.25, -0.2) is 0 Å². The van der Waals surface area contributed by atoms with Crippen LogP contribution in [0.3, 0.4) is 0 Å². The highest BCUT2D eigenvalue weighted by molar-refractivity contribution is 7.99. The molecule has 0 N–H and O–H groups in total. The minimum absolute atomic E-state index is 0.150. The third-order valence-corrected chi connectivity index (χ3v) is 6.15. The van der Waals surface area contributed by atoms with Gasteiger partial charge in [0, 0.05) is 24.2 Å². The molecule has 8 heteroatoms. The molecule has 6 nitrogen and oxygen atoms in total. The first-order chi connectivity index (χ1) is 13.1. The smallest absolute Gasteiger partial charge is 0.258 e. The van der Waals surface area contributed by atoms with Gasteiger partial charge in [-0.15, -0.1) is 21.5 Å². The molecule has 0 saturated heterocycles. The average molecular weight is 400 g/mol. The van der Waals surface area contributed by atoms with Crippen LogP contribution in [0.5, 0.6) is 0 Å². The van der Waals surface area contributed by atoms with Crippen molar-refractivity contribution in [1.29, 1.82) is 0 Å². The highest BCUT2D eigenvalue weighted by atomic mass is 32.2. The largest absolute Gasteiger partial charge is 0.319 e. The molecule has 140 valence electrons. The Balaban J connectivity index is 1.44. The summed E-state index contributed by atoms with van der Waals surface area (Å²) < 4.78 is 4.15. The molecule has 0 bridgehead atoms. The normalized spacial score (nSPS) is 14.7. The van der Waals surface area contributed by atoms with Gasteiger partial charge in [0.25, 0.3) is 5.91 Å². The van der Waals surface area contributed by atoms with E-state index in [1.807, 2.05) is 23.1 Å². The summed E-state index contributed by atoms with van der Waals surface area (Å²) in [5, 5.41) is 11.1. The molecule has 3 aromatic rings. The van der Waals surface area contributed by atoms with E-state index in [4.69, 9.17) is 0 Å². The maximum absolute atomic E-state index is 12.4. The fourth-order valence-electron chi connectivity index (χ4n) is 2.86. The van der Waals surface area contributed by atoms with E-state index in [1.54, 1.807) is 0 Å². The zero-order valence-corrected chi connectivity index (χ0v) is 17.0. The van der Waals surface area contributed by atoms with Gasteiger partial charge >= 0.3 is 0 Å². The van der Waals surface area contributed by atoms with Gasteiger partial charge in [-0.05, 0) is 32.3 Å². The molecule has 1 aliphatic rings. The molecule has 1 fully saturated rings. The topological polar surface area (TPSA) is 65.1 Å². The number of hydrogen-bond donors (Lipinski definition) is 0. The van der Waals surface area contributed by atoms with Crippen molar-refractivity contribution in [3.8, 4) is 0 Å². The van der Waals surface area contributed by atoms with Gasteiger partial charge in [-0.1, -0.05) is 41.6 Å². The lowest BCUT2D eigenvalue weighted by Crippen LogP contribution is -2.17. The van der Waals surface area contributed by atoms with Crippen LogP contribution in [0.4, 0.5) is 0 Å². The lowest BCUT2D eigenvalue weighted by Gasteiger charge is -2.05. The number of carbonyl (C=O) groups is 1. The van der Waals surface area contributed by atoms with Crippen LogP contribution < -0.4 is 4.80 Å². The van der Waals surface area contributed by atoms with Crippen LogP contribution in [0.15, 0.2) is 46.0 Å². The second-order valence-electron chi connectivity index (χ2n) is 6.72. The van der Waals surface area contributed by atoms with E-state index in [0.29, 0.717) is 12.6 Å². The number of aromatic nitrogens is 4. The van der Waals surface area contributed by atoms with E-state index < -0.39 is 0 Å². The fourth-order valence-corrected chi connectivity index (χ4v) is 4.44. The first-order valence-electron chi connectivity index (χ1n) is 8.91. The molecule has 2 aromatic heterocycles. The number of amides is 1. The van der Waals surface area contributed by atoms with E-state index in [-0.39, 0.29) is 11.7 Å². The molecule has 1 aromatic carbocycles. The molecule has 1 saturated carbocycles. The predicted molar refractivity (Wildman–Crippen MR) is 107 cm³/mol. The molecule has 0 aliphatic heterocycles. The zero-order valence-electron chi connectivity index (χ0n) is 15.3. The maximum Gasteiger partial charge on any atom is 0.258 e. The molecular weight excluding hydrogens is 378 g/mol. The summed E-state index contributed by atoms with van der Waals surface area (Å²) in [6.45, 7) is 4.74. The molecular formula is C19H21N5OS2. The van der Waals surface area contributed by atoms with Crippen molar-refractivity contribution in [2.24, 2.45) is 4.99 Å². The van der Waals surface area contributed by atoms with E-state index in [0.717, 1.165) is 15.8 Å². The van der Waals surface area contributed by atoms with Crippen LogP contribution in [0, 0.1) is 13.8 Å². The van der Waals surface area contributed by atoms with Gasteiger partial charge in [-0.2, -0.15) is 4.99 Å². The Morgan fingerprint density at radius 2 is 2.04 bits per heavy atom. The number of rotatable bonds is 6. The van der Waals surface area contributed by atoms with Gasteiger partial charge in [0.15, 0.2) is 9.96 Å². The second-order valence-corrected chi connectivity index (χ2v) is 8.54. The van der Waals surface area contributed by atoms with Crippen molar-refractivity contribution >= 4 is 29.0 Å². The number of hydrogen-bond acceptors (Lipinski definition) is 5. The highest BCUT2D eigenvalue weighted by Crippen LogP contribution is 2.38.